The molecule has 2 unspecified atom stereocenters. The van der Waals surface area contributed by atoms with Crippen LogP contribution in [0, 0.1) is 5.92 Å². The Bertz CT molecular complexity index is 432. The Morgan fingerprint density at radius 1 is 1.35 bits per heavy atom. The molecule has 2 atom stereocenters. The lowest BCUT2D eigenvalue weighted by Gasteiger charge is -2.26. The van der Waals surface area contributed by atoms with Crippen molar-refractivity contribution in [2.75, 3.05) is 37.7 Å². The maximum atomic E-state index is 12.3. The molecule has 0 aliphatic carbocycles. The molecule has 2 N–H and O–H groups in total. The number of sulfone groups is 1. The number of hydrogen-bond acceptors (Lipinski definition) is 5. The van der Waals surface area contributed by atoms with Gasteiger partial charge in [-0.3, -0.25) is 4.79 Å². The Morgan fingerprint density at radius 2 is 2.15 bits per heavy atom. The third-order valence-corrected chi connectivity index (χ3v) is 5.95. The van der Waals surface area contributed by atoms with Crippen molar-refractivity contribution >= 4 is 15.7 Å². The zero-order valence-corrected chi connectivity index (χ0v) is 12.6. The zero-order valence-electron chi connectivity index (χ0n) is 11.8. The Balaban J connectivity index is 1.86. The highest BCUT2D eigenvalue weighted by molar-refractivity contribution is 7.91. The quantitative estimate of drug-likeness (QED) is 0.683. The van der Waals surface area contributed by atoms with Gasteiger partial charge in [-0.2, -0.15) is 0 Å². The Hall–Kier alpha value is -0.660. The molecule has 6 nitrogen and oxygen atoms in total. The Morgan fingerprint density at radius 3 is 2.70 bits per heavy atom. The number of carbonyl (C=O) groups excluding carboxylic acids is 1. The maximum Gasteiger partial charge on any atom is 0.223 e. The van der Waals surface area contributed by atoms with Gasteiger partial charge in [-0.1, -0.05) is 0 Å². The van der Waals surface area contributed by atoms with Crippen LogP contribution in [0.4, 0.5) is 0 Å². The molecule has 2 rings (SSSR count). The second-order valence-corrected chi connectivity index (χ2v) is 8.06. The monoisotopic (exact) mass is 304 g/mol. The summed E-state index contributed by atoms with van der Waals surface area (Å²) < 4.78 is 22.8. The molecule has 0 aromatic heterocycles. The van der Waals surface area contributed by atoms with E-state index in [-0.39, 0.29) is 36.4 Å². The molecule has 2 heterocycles. The smallest absolute Gasteiger partial charge is 0.223 e. The molecule has 2 saturated heterocycles. The maximum absolute atomic E-state index is 12.3. The van der Waals surface area contributed by atoms with Gasteiger partial charge in [0, 0.05) is 25.6 Å². The first-order valence-corrected chi connectivity index (χ1v) is 9.15. The normalized spacial score (nSPS) is 28.6. The van der Waals surface area contributed by atoms with Gasteiger partial charge in [0.15, 0.2) is 9.84 Å². The van der Waals surface area contributed by atoms with Crippen LogP contribution in [0.2, 0.25) is 0 Å². The summed E-state index contributed by atoms with van der Waals surface area (Å²) in [5.41, 5.74) is 0. The van der Waals surface area contributed by atoms with Gasteiger partial charge in [-0.05, 0) is 31.7 Å². The zero-order chi connectivity index (χ0) is 14.6. The highest BCUT2D eigenvalue weighted by Crippen LogP contribution is 2.22. The molecule has 2 fully saturated rings. The summed E-state index contributed by atoms with van der Waals surface area (Å²) in [4.78, 5) is 14.0. The van der Waals surface area contributed by atoms with Gasteiger partial charge in [-0.15, -0.1) is 0 Å². The second kappa shape index (κ2) is 6.87. The van der Waals surface area contributed by atoms with Crippen LogP contribution in [-0.2, 0) is 14.6 Å². The summed E-state index contributed by atoms with van der Waals surface area (Å²) in [6.07, 6.45) is 3.04. The van der Waals surface area contributed by atoms with Crippen molar-refractivity contribution in [3.05, 3.63) is 0 Å². The first-order chi connectivity index (χ1) is 9.50. The minimum atomic E-state index is -2.93. The van der Waals surface area contributed by atoms with Crippen LogP contribution in [0.1, 0.15) is 25.7 Å². The third kappa shape index (κ3) is 4.43. The van der Waals surface area contributed by atoms with Crippen LogP contribution in [0.5, 0.6) is 0 Å². The largest absolute Gasteiger partial charge is 0.395 e. The molecule has 116 valence electrons. The number of nitrogens with zero attached hydrogens (tertiary/aromatic N) is 1. The summed E-state index contributed by atoms with van der Waals surface area (Å²) >= 11 is 0. The van der Waals surface area contributed by atoms with Crippen molar-refractivity contribution in [3.63, 3.8) is 0 Å². The van der Waals surface area contributed by atoms with E-state index in [1.165, 1.54) is 0 Å². The molecule has 0 bridgehead atoms. The van der Waals surface area contributed by atoms with E-state index in [1.807, 2.05) is 0 Å². The molecule has 0 aromatic rings. The van der Waals surface area contributed by atoms with E-state index in [0.29, 0.717) is 25.6 Å². The fourth-order valence-corrected chi connectivity index (χ4v) is 4.89. The summed E-state index contributed by atoms with van der Waals surface area (Å²) in [7, 11) is -2.93. The molecule has 20 heavy (non-hydrogen) atoms. The van der Waals surface area contributed by atoms with E-state index >= 15 is 0 Å². The standard InChI is InChI=1S/C13H24N2O4S/c16-6-5-15(9-12-2-1-4-14-12)13(17)8-11-3-7-20(18,19)10-11/h11-12,14,16H,1-10H2. The van der Waals surface area contributed by atoms with E-state index in [2.05, 4.69) is 5.32 Å². The van der Waals surface area contributed by atoms with E-state index in [9.17, 15) is 13.2 Å². The molecule has 7 heteroatoms. The van der Waals surface area contributed by atoms with E-state index < -0.39 is 9.84 Å². The predicted octanol–water partition coefficient (Wildman–Crippen LogP) is -0.616. The molecule has 0 saturated carbocycles. The number of hydrogen-bond donors (Lipinski definition) is 2. The Kier molecular flexibility index (Phi) is 5.40. The lowest BCUT2D eigenvalue weighted by Crippen LogP contribution is -2.43. The van der Waals surface area contributed by atoms with Crippen molar-refractivity contribution in [1.82, 2.24) is 10.2 Å². The van der Waals surface area contributed by atoms with Crippen LogP contribution in [-0.4, -0.2) is 68.1 Å². The molecule has 0 aromatic carbocycles. The summed E-state index contributed by atoms with van der Waals surface area (Å²) in [5, 5.41) is 12.4. The SMILES string of the molecule is O=C(CC1CCS(=O)(=O)C1)N(CCO)CC1CCCN1. The van der Waals surface area contributed by atoms with Crippen molar-refractivity contribution < 1.29 is 18.3 Å². The highest BCUT2D eigenvalue weighted by atomic mass is 32.2. The molecular weight excluding hydrogens is 280 g/mol. The van der Waals surface area contributed by atoms with Crippen LogP contribution >= 0.6 is 0 Å². The van der Waals surface area contributed by atoms with Crippen molar-refractivity contribution in [1.29, 1.82) is 0 Å². The number of amides is 1. The average molecular weight is 304 g/mol. The molecule has 0 radical (unpaired) electrons. The van der Waals surface area contributed by atoms with Crippen LogP contribution in [0.3, 0.4) is 0 Å². The molecular formula is C13H24N2O4S. The first kappa shape index (κ1) is 15.7. The van der Waals surface area contributed by atoms with Crippen LogP contribution in [0.25, 0.3) is 0 Å². The minimum Gasteiger partial charge on any atom is -0.395 e. The van der Waals surface area contributed by atoms with E-state index in [0.717, 1.165) is 19.4 Å². The van der Waals surface area contributed by atoms with Gasteiger partial charge in [0.25, 0.3) is 0 Å². The lowest BCUT2D eigenvalue weighted by molar-refractivity contribution is -0.132. The lowest BCUT2D eigenvalue weighted by atomic mass is 10.0. The number of aliphatic hydroxyl groups is 1. The number of aliphatic hydroxyl groups excluding tert-OH is 1. The summed E-state index contributed by atoms with van der Waals surface area (Å²) in [5.74, 6) is 0.253. The minimum absolute atomic E-state index is 0.0325. The molecule has 2 aliphatic rings. The van der Waals surface area contributed by atoms with E-state index in [1.54, 1.807) is 4.90 Å². The average Bonchev–Trinajstić information content (AvgIpc) is 2.98. The fraction of sp³-hybridized carbons (Fsp3) is 0.923. The Labute approximate surface area is 120 Å². The predicted molar refractivity (Wildman–Crippen MR) is 76.1 cm³/mol. The van der Waals surface area contributed by atoms with Gasteiger partial charge in [0.05, 0.1) is 18.1 Å². The van der Waals surface area contributed by atoms with Gasteiger partial charge in [-0.25, -0.2) is 8.42 Å². The van der Waals surface area contributed by atoms with Gasteiger partial charge in [0.2, 0.25) is 5.91 Å². The first-order valence-electron chi connectivity index (χ1n) is 7.32. The number of rotatable bonds is 6. The molecule has 2 aliphatic heterocycles. The molecule has 0 spiro atoms. The van der Waals surface area contributed by atoms with Crippen molar-refractivity contribution in [3.8, 4) is 0 Å². The number of nitrogens with one attached hydrogen (secondary N) is 1. The van der Waals surface area contributed by atoms with Gasteiger partial charge in [0.1, 0.15) is 0 Å². The van der Waals surface area contributed by atoms with Crippen molar-refractivity contribution in [2.45, 2.75) is 31.7 Å². The number of carbonyl (C=O) groups is 1. The molecule has 1 amide bonds. The van der Waals surface area contributed by atoms with Gasteiger partial charge < -0.3 is 15.3 Å². The van der Waals surface area contributed by atoms with Gasteiger partial charge >= 0.3 is 0 Å². The fourth-order valence-electron chi connectivity index (χ4n) is 3.03. The van der Waals surface area contributed by atoms with E-state index in [4.69, 9.17) is 5.11 Å². The summed E-state index contributed by atoms with van der Waals surface area (Å²) in [6, 6.07) is 0.304. The second-order valence-electron chi connectivity index (χ2n) is 5.83. The summed E-state index contributed by atoms with van der Waals surface area (Å²) in [6.45, 7) is 1.86. The van der Waals surface area contributed by atoms with Crippen LogP contribution < -0.4 is 5.32 Å². The third-order valence-electron chi connectivity index (χ3n) is 4.12. The van der Waals surface area contributed by atoms with Crippen molar-refractivity contribution in [2.24, 2.45) is 5.92 Å². The topological polar surface area (TPSA) is 86.7 Å². The van der Waals surface area contributed by atoms with Crippen LogP contribution in [0.15, 0.2) is 0 Å². The highest BCUT2D eigenvalue weighted by Gasteiger charge is 2.31.